The highest BCUT2D eigenvalue weighted by Crippen LogP contribution is 2.33. The van der Waals surface area contributed by atoms with Gasteiger partial charge in [0, 0.05) is 10.7 Å². The molecule has 1 aliphatic rings. The van der Waals surface area contributed by atoms with E-state index in [-0.39, 0.29) is 27.8 Å². The molecule has 3 aromatic carbocycles. The first-order chi connectivity index (χ1) is 19.2. The predicted molar refractivity (Wildman–Crippen MR) is 156 cm³/mol. The summed E-state index contributed by atoms with van der Waals surface area (Å²) in [5.74, 6) is -1.23. The van der Waals surface area contributed by atoms with Crippen LogP contribution < -0.4 is 10.1 Å². The number of nitrogens with one attached hydrogen (secondary N) is 1. The summed E-state index contributed by atoms with van der Waals surface area (Å²) < 4.78 is 10.9. The minimum atomic E-state index is -0.614. The Morgan fingerprint density at radius 2 is 1.80 bits per heavy atom. The van der Waals surface area contributed by atoms with Gasteiger partial charge in [0.15, 0.2) is 0 Å². The van der Waals surface area contributed by atoms with Crippen molar-refractivity contribution >= 4 is 69.8 Å². The van der Waals surface area contributed by atoms with Crippen LogP contribution in [0.5, 0.6) is 5.75 Å². The molecule has 206 valence electrons. The molecule has 8 nitrogen and oxygen atoms in total. The average Bonchev–Trinajstić information content (AvgIpc) is 3.19. The Balaban J connectivity index is 1.38. The first-order valence-corrected chi connectivity index (χ1v) is 13.8. The van der Waals surface area contributed by atoms with Crippen molar-refractivity contribution in [3.05, 3.63) is 98.4 Å². The number of hydrogen-bond acceptors (Lipinski definition) is 7. The van der Waals surface area contributed by atoms with Gasteiger partial charge < -0.3 is 14.8 Å². The number of carbonyl (C=O) groups is 4. The fraction of sp³-hybridized carbons (Fsp3) is 0.172. The zero-order valence-electron chi connectivity index (χ0n) is 21.3. The smallest absolute Gasteiger partial charge is 0.339 e. The second kappa shape index (κ2) is 13.5. The van der Waals surface area contributed by atoms with Crippen LogP contribution in [0.2, 0.25) is 10.0 Å². The molecule has 4 rings (SSSR count). The molecule has 0 aliphatic carbocycles. The van der Waals surface area contributed by atoms with E-state index in [1.165, 1.54) is 18.2 Å². The summed E-state index contributed by atoms with van der Waals surface area (Å²) in [6, 6.07) is 18.7. The third-order valence-electron chi connectivity index (χ3n) is 5.56. The number of carbonyl (C=O) groups excluding carboxylic acids is 4. The molecule has 11 heteroatoms. The lowest BCUT2D eigenvalue weighted by Gasteiger charge is -2.13. The van der Waals surface area contributed by atoms with Crippen LogP contribution in [0.25, 0.3) is 6.08 Å². The zero-order valence-corrected chi connectivity index (χ0v) is 23.6. The van der Waals surface area contributed by atoms with Crippen molar-refractivity contribution in [1.29, 1.82) is 0 Å². The lowest BCUT2D eigenvalue weighted by atomic mass is 10.2. The molecule has 1 N–H and O–H groups in total. The average molecular weight is 599 g/mol. The second-order valence-electron chi connectivity index (χ2n) is 8.63. The number of halogens is 2. The van der Waals surface area contributed by atoms with Crippen LogP contribution in [-0.4, -0.2) is 41.1 Å². The number of hydrogen-bond donors (Lipinski definition) is 1. The molecule has 0 unspecified atom stereocenters. The van der Waals surface area contributed by atoms with Crippen molar-refractivity contribution in [2.75, 3.05) is 18.5 Å². The van der Waals surface area contributed by atoms with Gasteiger partial charge in [-0.25, -0.2) is 4.79 Å². The topological polar surface area (TPSA) is 102 Å². The van der Waals surface area contributed by atoms with Crippen molar-refractivity contribution < 1.29 is 28.7 Å². The van der Waals surface area contributed by atoms with Gasteiger partial charge in [0.1, 0.15) is 18.9 Å². The Hall–Kier alpha value is -3.79. The minimum Gasteiger partial charge on any atom is -0.489 e. The van der Waals surface area contributed by atoms with E-state index in [1.807, 2.05) is 19.1 Å². The Morgan fingerprint density at radius 3 is 2.55 bits per heavy atom. The van der Waals surface area contributed by atoms with Gasteiger partial charge in [-0.1, -0.05) is 54.4 Å². The summed E-state index contributed by atoms with van der Waals surface area (Å²) in [7, 11) is 0. The van der Waals surface area contributed by atoms with Crippen LogP contribution in [0.4, 0.5) is 10.5 Å². The van der Waals surface area contributed by atoms with Crippen LogP contribution in [0.3, 0.4) is 0 Å². The van der Waals surface area contributed by atoms with E-state index >= 15 is 0 Å². The molecule has 0 radical (unpaired) electrons. The van der Waals surface area contributed by atoms with E-state index in [1.54, 1.807) is 42.5 Å². The summed E-state index contributed by atoms with van der Waals surface area (Å²) in [4.78, 5) is 51.4. The number of benzene rings is 3. The molecule has 0 aromatic heterocycles. The third kappa shape index (κ3) is 7.65. The van der Waals surface area contributed by atoms with Gasteiger partial charge >= 0.3 is 5.97 Å². The third-order valence-corrected chi connectivity index (χ3v) is 7.05. The second-order valence-corrected chi connectivity index (χ2v) is 10.5. The molecule has 3 aromatic rings. The molecular weight excluding hydrogens is 575 g/mol. The highest BCUT2D eigenvalue weighted by molar-refractivity contribution is 8.18. The highest BCUT2D eigenvalue weighted by atomic mass is 35.5. The van der Waals surface area contributed by atoms with Crippen molar-refractivity contribution in [3.63, 3.8) is 0 Å². The number of esters is 1. The largest absolute Gasteiger partial charge is 0.489 e. The molecule has 0 bridgehead atoms. The molecule has 1 heterocycles. The van der Waals surface area contributed by atoms with E-state index in [0.29, 0.717) is 29.4 Å². The maximum absolute atomic E-state index is 12.9. The number of imide groups is 1. The van der Waals surface area contributed by atoms with Crippen LogP contribution in [0, 0.1) is 0 Å². The molecule has 1 saturated heterocycles. The molecule has 0 saturated carbocycles. The number of thioether (sulfide) groups is 1. The molecule has 0 spiro atoms. The Bertz CT molecular complexity index is 1480. The van der Waals surface area contributed by atoms with Crippen LogP contribution in [0.1, 0.15) is 34.8 Å². The van der Waals surface area contributed by atoms with Crippen LogP contribution in [-0.2, 0) is 20.9 Å². The molecule has 0 atom stereocenters. The minimum absolute atomic E-state index is 0.0985. The van der Waals surface area contributed by atoms with Gasteiger partial charge in [-0.2, -0.15) is 0 Å². The molecule has 3 amide bonds. The monoisotopic (exact) mass is 598 g/mol. The summed E-state index contributed by atoms with van der Waals surface area (Å²) in [5, 5.41) is 2.83. The number of amides is 3. The lowest BCUT2D eigenvalue weighted by Crippen LogP contribution is -2.36. The SMILES string of the molecule is CCCOC(=O)c1cc(NC(=O)CN2C(=O)S/C(=C/c3cccc(OCc4ccc(Cl)cc4)c3)C2=O)ccc1Cl. The van der Waals surface area contributed by atoms with E-state index in [0.717, 1.165) is 22.2 Å². The summed E-state index contributed by atoms with van der Waals surface area (Å²) in [6.07, 6.45) is 2.22. The molecule has 1 fully saturated rings. The molecule has 40 heavy (non-hydrogen) atoms. The van der Waals surface area contributed by atoms with Crippen molar-refractivity contribution in [2.24, 2.45) is 0 Å². The fourth-order valence-corrected chi connectivity index (χ4v) is 4.76. The van der Waals surface area contributed by atoms with E-state index in [2.05, 4.69) is 5.32 Å². The van der Waals surface area contributed by atoms with Crippen LogP contribution in [0.15, 0.2) is 71.6 Å². The molecule has 1 aliphatic heterocycles. The Kier molecular flexibility index (Phi) is 9.87. The number of nitrogens with zero attached hydrogens (tertiary/aromatic N) is 1. The number of anilines is 1. The number of rotatable bonds is 10. The van der Waals surface area contributed by atoms with Gasteiger partial charge in [0.25, 0.3) is 11.1 Å². The van der Waals surface area contributed by atoms with E-state index in [9.17, 15) is 19.2 Å². The van der Waals surface area contributed by atoms with Crippen molar-refractivity contribution in [1.82, 2.24) is 4.90 Å². The summed E-state index contributed by atoms with van der Waals surface area (Å²) in [5.41, 5.74) is 1.98. The lowest BCUT2D eigenvalue weighted by molar-refractivity contribution is -0.127. The van der Waals surface area contributed by atoms with Gasteiger partial charge in [0.2, 0.25) is 5.91 Å². The normalized spacial score (nSPS) is 14.0. The first-order valence-electron chi connectivity index (χ1n) is 12.2. The maximum atomic E-state index is 12.9. The van der Waals surface area contributed by atoms with Crippen molar-refractivity contribution in [3.8, 4) is 5.75 Å². The standard InChI is InChI=1S/C29H24Cl2N2O6S/c1-2-12-38-28(36)23-15-21(10-11-24(23)31)32-26(34)16-33-27(35)25(40-29(33)37)14-19-4-3-5-22(13-19)39-17-18-6-8-20(30)9-7-18/h3-11,13-15H,2,12,16-17H2,1H3,(H,32,34)/b25-14+. The van der Waals surface area contributed by atoms with E-state index < -0.39 is 29.6 Å². The van der Waals surface area contributed by atoms with E-state index in [4.69, 9.17) is 32.7 Å². The number of ether oxygens (including phenoxy) is 2. The Labute approximate surface area is 245 Å². The van der Waals surface area contributed by atoms with Gasteiger partial charge in [-0.05, 0) is 77.9 Å². The maximum Gasteiger partial charge on any atom is 0.339 e. The van der Waals surface area contributed by atoms with Gasteiger partial charge in [-0.3, -0.25) is 19.3 Å². The van der Waals surface area contributed by atoms with Crippen LogP contribution >= 0.6 is 35.0 Å². The summed E-state index contributed by atoms with van der Waals surface area (Å²) >= 11 is 12.8. The quantitative estimate of drug-likeness (QED) is 0.202. The van der Waals surface area contributed by atoms with Gasteiger partial charge in [0.05, 0.1) is 22.1 Å². The zero-order chi connectivity index (χ0) is 28.6. The first kappa shape index (κ1) is 29.2. The van der Waals surface area contributed by atoms with Gasteiger partial charge in [-0.15, -0.1) is 0 Å². The summed E-state index contributed by atoms with van der Waals surface area (Å²) in [6.45, 7) is 1.94. The predicted octanol–water partition coefficient (Wildman–Crippen LogP) is 6.81. The highest BCUT2D eigenvalue weighted by Gasteiger charge is 2.36. The van der Waals surface area contributed by atoms with Crippen molar-refractivity contribution in [2.45, 2.75) is 20.0 Å². The Morgan fingerprint density at radius 1 is 1.02 bits per heavy atom. The fourth-order valence-electron chi connectivity index (χ4n) is 3.61. The molecular formula is C29H24Cl2N2O6S.